The molecule has 4 aliphatic rings. The number of aromatic nitrogens is 6. The van der Waals surface area contributed by atoms with Crippen molar-refractivity contribution in [1.29, 1.82) is 0 Å². The van der Waals surface area contributed by atoms with Crippen LogP contribution in [0.2, 0.25) is 0 Å². The van der Waals surface area contributed by atoms with Gasteiger partial charge in [-0.1, -0.05) is 0 Å². The van der Waals surface area contributed by atoms with Crippen LogP contribution in [0.5, 0.6) is 0 Å². The summed E-state index contributed by atoms with van der Waals surface area (Å²) in [5.74, 6) is -1.33. The van der Waals surface area contributed by atoms with Crippen molar-refractivity contribution in [1.82, 2.24) is 39.0 Å². The fraction of sp³-hybridized carbons (Fsp3) is 0.391. The number of hydrogen-bond donors (Lipinski definition) is 4. The topological polar surface area (TPSA) is 225 Å². The number of nitrogens with zero attached hydrogens (tertiary/aromatic N) is 10. The number of anilines is 4. The fourth-order valence-electron chi connectivity index (χ4n) is 8.53. The predicted molar refractivity (Wildman–Crippen MR) is 243 cm³/mol. The average molecular weight is 937 g/mol. The number of morpholine rings is 2. The summed E-state index contributed by atoms with van der Waals surface area (Å²) in [6.07, 6.45) is 4.09. The van der Waals surface area contributed by atoms with Crippen molar-refractivity contribution in [2.75, 3.05) is 86.1 Å². The largest absolute Gasteiger partial charge is 0.390 e. The monoisotopic (exact) mass is 936 g/mol. The molecule has 4 N–H and O–H groups in total. The quantitative estimate of drug-likeness (QED) is 0.139. The summed E-state index contributed by atoms with van der Waals surface area (Å²) in [5.41, 5.74) is 6.31. The fourth-order valence-corrected chi connectivity index (χ4v) is 8.53. The van der Waals surface area contributed by atoms with Gasteiger partial charge in [-0.3, -0.25) is 19.2 Å². The number of rotatable bonds is 12. The second kappa shape index (κ2) is 19.6. The Bertz CT molecular complexity index is 2670. The second-order valence-electron chi connectivity index (χ2n) is 16.9. The van der Waals surface area contributed by atoms with Crippen LogP contribution >= 0.6 is 0 Å². The molecule has 4 aromatic heterocycles. The molecular weight excluding hydrogens is 887 g/mol. The number of benzene rings is 2. The Morgan fingerprint density at radius 2 is 1.06 bits per heavy atom. The molecule has 22 heteroatoms. The van der Waals surface area contributed by atoms with Gasteiger partial charge in [0.15, 0.2) is 11.3 Å². The normalized spacial score (nSPS) is 17.7. The van der Waals surface area contributed by atoms with Crippen LogP contribution in [0.1, 0.15) is 66.4 Å². The third-order valence-electron chi connectivity index (χ3n) is 12.3. The van der Waals surface area contributed by atoms with Crippen molar-refractivity contribution in [2.24, 2.45) is 0 Å². The number of halogens is 2. The van der Waals surface area contributed by atoms with Gasteiger partial charge in [0.25, 0.3) is 23.6 Å². The van der Waals surface area contributed by atoms with Crippen LogP contribution in [0.3, 0.4) is 0 Å². The lowest BCUT2D eigenvalue weighted by atomic mass is 10.1. The van der Waals surface area contributed by atoms with E-state index in [4.69, 9.17) is 9.47 Å². The van der Waals surface area contributed by atoms with Crippen LogP contribution in [0.15, 0.2) is 73.6 Å². The summed E-state index contributed by atoms with van der Waals surface area (Å²) in [7, 11) is 0. The highest BCUT2D eigenvalue weighted by molar-refractivity contribution is 6.11. The first-order valence-corrected chi connectivity index (χ1v) is 22.3. The van der Waals surface area contributed by atoms with E-state index in [9.17, 15) is 38.2 Å². The zero-order valence-corrected chi connectivity index (χ0v) is 37.3. The molecule has 68 heavy (non-hydrogen) atoms. The standard InChI is InChI=1S/2C23H25FN6O4/c2*1-14(31)18(24)13-29-12-15-9-19(20(10-16(15)23(29)33)28-5-7-34-8-6-28)27-22(32)17-11-26-30-4-2-3-25-21(17)30/h2*2-4,9-11,14,18,31H,5-8,12-13H2,1H3,(H,27,32)/t2*14-,18+/m10/s1. The van der Waals surface area contributed by atoms with E-state index in [0.717, 1.165) is 0 Å². The highest BCUT2D eigenvalue weighted by atomic mass is 19.1. The first-order chi connectivity index (χ1) is 32.8. The molecule has 6 aromatic rings. The van der Waals surface area contributed by atoms with Crippen LogP contribution in [0.25, 0.3) is 11.3 Å². The van der Waals surface area contributed by atoms with Gasteiger partial charge < -0.3 is 49.9 Å². The number of fused-ring (bicyclic) bond motifs is 4. The van der Waals surface area contributed by atoms with E-state index in [1.54, 1.807) is 61.2 Å². The Morgan fingerprint density at radius 3 is 1.44 bits per heavy atom. The summed E-state index contributed by atoms with van der Waals surface area (Å²) in [6.45, 7) is 7.24. The van der Waals surface area contributed by atoms with Crippen LogP contribution in [0.4, 0.5) is 31.5 Å². The SMILES string of the molecule is C[C@@H](O)[C@@H](F)CN1Cc2cc(NC(=O)c3cnn4cccnc34)c(N3CCOCC3)cc2C1=O.C[C@H](O)[C@H](F)CN1Cc2cc(NC(=O)c3cnn4cccnc34)c(N3CCOCC3)cc2C1=O. The van der Waals surface area contributed by atoms with Gasteiger partial charge >= 0.3 is 0 Å². The number of nitrogens with one attached hydrogen (secondary N) is 2. The van der Waals surface area contributed by atoms with E-state index >= 15 is 0 Å². The average Bonchev–Trinajstić information content (AvgIpc) is 4.12. The molecule has 0 unspecified atom stereocenters. The third-order valence-corrected chi connectivity index (χ3v) is 12.3. The van der Waals surface area contributed by atoms with Crippen LogP contribution in [-0.2, 0) is 22.6 Å². The summed E-state index contributed by atoms with van der Waals surface area (Å²) < 4.78 is 42.2. The second-order valence-corrected chi connectivity index (χ2v) is 16.9. The molecule has 0 radical (unpaired) electrons. The van der Waals surface area contributed by atoms with Gasteiger partial charge in [-0.05, 0) is 61.4 Å². The van der Waals surface area contributed by atoms with E-state index < -0.39 is 24.6 Å². The summed E-state index contributed by atoms with van der Waals surface area (Å²) in [6, 6.07) is 10.5. The number of amides is 4. The minimum absolute atomic E-state index is 0.200. The number of alkyl halides is 2. The maximum Gasteiger partial charge on any atom is 0.261 e. The first-order valence-electron chi connectivity index (χ1n) is 22.3. The maximum atomic E-state index is 14.1. The number of ether oxygens (including phenoxy) is 2. The molecule has 4 aliphatic heterocycles. The third kappa shape index (κ3) is 9.39. The zero-order valence-electron chi connectivity index (χ0n) is 37.3. The first kappa shape index (κ1) is 46.0. The smallest absolute Gasteiger partial charge is 0.261 e. The molecule has 10 rings (SSSR count). The molecule has 4 amide bonds. The van der Waals surface area contributed by atoms with Crippen molar-refractivity contribution in [3.05, 3.63) is 107 Å². The van der Waals surface area contributed by atoms with E-state index in [1.165, 1.54) is 45.1 Å². The molecule has 2 saturated heterocycles. The minimum Gasteiger partial charge on any atom is -0.390 e. The molecule has 356 valence electrons. The van der Waals surface area contributed by atoms with Crippen molar-refractivity contribution in [2.45, 2.75) is 51.5 Å². The van der Waals surface area contributed by atoms with Crippen molar-refractivity contribution in [3.63, 3.8) is 0 Å². The maximum absolute atomic E-state index is 14.1. The highest BCUT2D eigenvalue weighted by Crippen LogP contribution is 2.37. The van der Waals surface area contributed by atoms with Gasteiger partial charge in [-0.25, -0.2) is 27.8 Å². The number of carbonyl (C=O) groups is 4. The predicted octanol–water partition coefficient (Wildman–Crippen LogP) is 2.99. The molecule has 0 spiro atoms. The molecule has 8 heterocycles. The molecule has 20 nitrogen and oxygen atoms in total. The van der Waals surface area contributed by atoms with E-state index in [2.05, 4.69) is 40.6 Å². The summed E-state index contributed by atoms with van der Waals surface area (Å²) >= 11 is 0. The Kier molecular flexibility index (Phi) is 13.3. The van der Waals surface area contributed by atoms with E-state index in [0.29, 0.717) is 120 Å². The lowest BCUT2D eigenvalue weighted by Gasteiger charge is -2.31. The molecule has 4 atom stereocenters. The Morgan fingerprint density at radius 1 is 0.662 bits per heavy atom. The van der Waals surface area contributed by atoms with Gasteiger partial charge in [0, 0.05) is 75.2 Å². The Labute approximate surface area is 388 Å². The summed E-state index contributed by atoms with van der Waals surface area (Å²) in [4.78, 5) is 67.7. The van der Waals surface area contributed by atoms with Crippen LogP contribution < -0.4 is 20.4 Å². The molecule has 0 bridgehead atoms. The lowest BCUT2D eigenvalue weighted by Crippen LogP contribution is -2.37. The zero-order chi connectivity index (χ0) is 47.6. The Balaban J connectivity index is 0.000000170. The molecule has 2 fully saturated rings. The minimum atomic E-state index is -1.54. The van der Waals surface area contributed by atoms with E-state index in [1.807, 2.05) is 0 Å². The molecule has 2 aromatic carbocycles. The summed E-state index contributed by atoms with van der Waals surface area (Å²) in [5, 5.41) is 33.3. The molecule has 0 saturated carbocycles. The molecule has 0 aliphatic carbocycles. The van der Waals surface area contributed by atoms with Gasteiger partial charge in [-0.15, -0.1) is 0 Å². The van der Waals surface area contributed by atoms with Gasteiger partial charge in [0.1, 0.15) is 23.5 Å². The van der Waals surface area contributed by atoms with Crippen molar-refractivity contribution >= 4 is 57.7 Å². The number of aliphatic hydroxyl groups is 2. The number of hydrogen-bond acceptors (Lipinski definition) is 14. The number of carbonyl (C=O) groups excluding carboxylic acids is 4. The van der Waals surface area contributed by atoms with Crippen LogP contribution in [0, 0.1) is 0 Å². The Hall–Kier alpha value is -7.14. The van der Waals surface area contributed by atoms with Gasteiger partial charge in [0.05, 0.1) is 86.9 Å². The molecular formula is C46H50F2N12O8. The number of aliphatic hydroxyl groups excluding tert-OH is 2. The van der Waals surface area contributed by atoms with E-state index in [-0.39, 0.29) is 49.8 Å². The van der Waals surface area contributed by atoms with Crippen molar-refractivity contribution in [3.8, 4) is 0 Å². The lowest BCUT2D eigenvalue weighted by molar-refractivity contribution is 0.0510. The highest BCUT2D eigenvalue weighted by Gasteiger charge is 2.35. The van der Waals surface area contributed by atoms with Crippen molar-refractivity contribution < 1.29 is 47.6 Å². The van der Waals surface area contributed by atoms with Crippen LogP contribution in [-0.4, -0.2) is 163 Å². The van der Waals surface area contributed by atoms with Gasteiger partial charge in [0.2, 0.25) is 0 Å². The van der Waals surface area contributed by atoms with Gasteiger partial charge in [-0.2, -0.15) is 10.2 Å².